The summed E-state index contributed by atoms with van der Waals surface area (Å²) in [7, 11) is 0. The molecular formula is C16H13N3O5. The van der Waals surface area contributed by atoms with Crippen LogP contribution in [0.25, 0.3) is 0 Å². The van der Waals surface area contributed by atoms with Crippen molar-refractivity contribution < 1.29 is 19.2 Å². The zero-order valence-electron chi connectivity index (χ0n) is 12.7. The highest BCUT2D eigenvalue weighted by atomic mass is 16.7. The first-order chi connectivity index (χ1) is 11.5. The van der Waals surface area contributed by atoms with Crippen molar-refractivity contribution in [2.75, 3.05) is 6.79 Å². The fraction of sp³-hybridized carbons (Fsp3) is 0.125. The van der Waals surface area contributed by atoms with Gasteiger partial charge in [0.1, 0.15) is 0 Å². The fourth-order valence-corrected chi connectivity index (χ4v) is 2.14. The lowest BCUT2D eigenvalue weighted by Gasteiger charge is -2.02. The SMILES string of the molecule is Cc1ccc(C(=O)N/N=C\c2cc3c(cc2[N+](=O)[O-])OCO3)cc1. The molecule has 1 aliphatic heterocycles. The van der Waals surface area contributed by atoms with Gasteiger partial charge >= 0.3 is 0 Å². The molecule has 0 aliphatic carbocycles. The van der Waals surface area contributed by atoms with E-state index in [4.69, 9.17) is 9.47 Å². The van der Waals surface area contributed by atoms with Crippen molar-refractivity contribution in [3.63, 3.8) is 0 Å². The predicted molar refractivity (Wildman–Crippen MR) is 85.5 cm³/mol. The fourth-order valence-electron chi connectivity index (χ4n) is 2.14. The lowest BCUT2D eigenvalue weighted by atomic mass is 10.1. The first-order valence-corrected chi connectivity index (χ1v) is 7.03. The van der Waals surface area contributed by atoms with Gasteiger partial charge in [-0.3, -0.25) is 14.9 Å². The number of carbonyl (C=O) groups excluding carboxylic acids is 1. The number of nitrogens with zero attached hydrogens (tertiary/aromatic N) is 2. The topological polar surface area (TPSA) is 103 Å². The van der Waals surface area contributed by atoms with Gasteiger partial charge in [-0.15, -0.1) is 0 Å². The van der Waals surface area contributed by atoms with Gasteiger partial charge in [0.15, 0.2) is 11.5 Å². The van der Waals surface area contributed by atoms with Crippen LogP contribution in [0.5, 0.6) is 11.5 Å². The number of benzene rings is 2. The van der Waals surface area contributed by atoms with Gasteiger partial charge in [-0.2, -0.15) is 5.10 Å². The molecule has 0 saturated carbocycles. The Hall–Kier alpha value is -3.42. The van der Waals surface area contributed by atoms with Crippen LogP contribution in [0.2, 0.25) is 0 Å². The number of rotatable bonds is 4. The second kappa shape index (κ2) is 6.37. The molecule has 0 bridgehead atoms. The van der Waals surface area contributed by atoms with Crippen LogP contribution in [0.15, 0.2) is 41.5 Å². The molecule has 24 heavy (non-hydrogen) atoms. The number of hydrogen-bond acceptors (Lipinski definition) is 6. The van der Waals surface area contributed by atoms with E-state index in [1.165, 1.54) is 18.3 Å². The Labute approximate surface area is 136 Å². The van der Waals surface area contributed by atoms with E-state index in [0.717, 1.165) is 5.56 Å². The molecule has 8 nitrogen and oxygen atoms in total. The average Bonchev–Trinajstić information content (AvgIpc) is 3.01. The molecule has 0 unspecified atom stereocenters. The Kier molecular flexibility index (Phi) is 4.11. The molecule has 3 rings (SSSR count). The first-order valence-electron chi connectivity index (χ1n) is 7.03. The summed E-state index contributed by atoms with van der Waals surface area (Å²) in [5, 5.41) is 14.9. The molecule has 122 valence electrons. The van der Waals surface area contributed by atoms with E-state index < -0.39 is 10.8 Å². The third-order valence-electron chi connectivity index (χ3n) is 3.40. The summed E-state index contributed by atoms with van der Waals surface area (Å²) >= 11 is 0. The van der Waals surface area contributed by atoms with E-state index in [1.807, 2.05) is 6.92 Å². The van der Waals surface area contributed by atoms with Gasteiger partial charge in [0.05, 0.1) is 22.8 Å². The van der Waals surface area contributed by atoms with Crippen LogP contribution in [-0.4, -0.2) is 23.8 Å². The van der Waals surface area contributed by atoms with Crippen LogP contribution < -0.4 is 14.9 Å². The molecule has 0 atom stereocenters. The lowest BCUT2D eigenvalue weighted by Crippen LogP contribution is -2.17. The van der Waals surface area contributed by atoms with Gasteiger partial charge < -0.3 is 9.47 Å². The van der Waals surface area contributed by atoms with Crippen LogP contribution in [-0.2, 0) is 0 Å². The number of nitro groups is 1. The summed E-state index contributed by atoms with van der Waals surface area (Å²) in [6.07, 6.45) is 1.20. The standard InChI is InChI=1S/C16H13N3O5/c1-10-2-4-11(5-3-10)16(20)18-17-8-12-6-14-15(24-9-23-14)7-13(12)19(21)22/h2-8H,9H2,1H3,(H,18,20)/b17-8-. The Morgan fingerprint density at radius 1 is 1.25 bits per heavy atom. The number of ether oxygens (including phenoxy) is 2. The van der Waals surface area contributed by atoms with Gasteiger partial charge in [0.2, 0.25) is 6.79 Å². The number of nitro benzene ring substituents is 1. The smallest absolute Gasteiger partial charge is 0.282 e. The third kappa shape index (κ3) is 3.17. The maximum absolute atomic E-state index is 11.9. The van der Waals surface area contributed by atoms with E-state index in [0.29, 0.717) is 17.1 Å². The molecule has 2 aromatic rings. The van der Waals surface area contributed by atoms with Crippen molar-refractivity contribution in [1.82, 2.24) is 5.43 Å². The molecule has 0 spiro atoms. The van der Waals surface area contributed by atoms with Crippen LogP contribution >= 0.6 is 0 Å². The molecule has 1 amide bonds. The highest BCUT2D eigenvalue weighted by Gasteiger charge is 2.22. The zero-order valence-corrected chi connectivity index (χ0v) is 12.7. The predicted octanol–water partition coefficient (Wildman–Crippen LogP) is 2.40. The molecule has 0 saturated heterocycles. The van der Waals surface area contributed by atoms with E-state index in [-0.39, 0.29) is 18.0 Å². The van der Waals surface area contributed by atoms with Gasteiger partial charge in [0, 0.05) is 5.56 Å². The first kappa shape index (κ1) is 15.5. The summed E-state index contributed by atoms with van der Waals surface area (Å²) in [6.45, 7) is 1.93. The van der Waals surface area contributed by atoms with Crippen molar-refractivity contribution in [3.05, 3.63) is 63.2 Å². The minimum atomic E-state index is -0.550. The van der Waals surface area contributed by atoms with Crippen molar-refractivity contribution >= 4 is 17.8 Å². The molecule has 0 fully saturated rings. The summed E-state index contributed by atoms with van der Waals surface area (Å²) in [5.74, 6) is 0.295. The minimum absolute atomic E-state index is 0.0112. The monoisotopic (exact) mass is 327 g/mol. The summed E-state index contributed by atoms with van der Waals surface area (Å²) in [5.41, 5.74) is 3.83. The van der Waals surface area contributed by atoms with Gasteiger partial charge in [-0.25, -0.2) is 5.43 Å². The molecule has 1 N–H and O–H groups in total. The molecular weight excluding hydrogens is 314 g/mol. The molecule has 1 aliphatic rings. The van der Waals surface area contributed by atoms with Crippen molar-refractivity contribution in [3.8, 4) is 11.5 Å². The highest BCUT2D eigenvalue weighted by molar-refractivity contribution is 5.95. The third-order valence-corrected chi connectivity index (χ3v) is 3.40. The second-order valence-electron chi connectivity index (χ2n) is 5.09. The summed E-state index contributed by atoms with van der Waals surface area (Å²) in [4.78, 5) is 22.5. The lowest BCUT2D eigenvalue weighted by molar-refractivity contribution is -0.385. The second-order valence-corrected chi connectivity index (χ2v) is 5.09. The Balaban J connectivity index is 1.78. The van der Waals surface area contributed by atoms with Crippen molar-refractivity contribution in [2.24, 2.45) is 5.10 Å². The number of fused-ring (bicyclic) bond motifs is 1. The maximum Gasteiger partial charge on any atom is 0.282 e. The van der Waals surface area contributed by atoms with E-state index in [9.17, 15) is 14.9 Å². The van der Waals surface area contributed by atoms with E-state index in [2.05, 4.69) is 10.5 Å². The highest BCUT2D eigenvalue weighted by Crippen LogP contribution is 2.37. The Bertz CT molecular complexity index is 830. The average molecular weight is 327 g/mol. The number of hydrazone groups is 1. The van der Waals surface area contributed by atoms with Crippen LogP contribution in [0.4, 0.5) is 5.69 Å². The molecule has 2 aromatic carbocycles. The largest absolute Gasteiger partial charge is 0.454 e. The Morgan fingerprint density at radius 2 is 1.92 bits per heavy atom. The van der Waals surface area contributed by atoms with E-state index in [1.54, 1.807) is 24.3 Å². The maximum atomic E-state index is 11.9. The van der Waals surface area contributed by atoms with Crippen LogP contribution in [0, 0.1) is 17.0 Å². The van der Waals surface area contributed by atoms with Gasteiger partial charge in [-0.05, 0) is 25.1 Å². The molecule has 0 radical (unpaired) electrons. The van der Waals surface area contributed by atoms with Crippen LogP contribution in [0.1, 0.15) is 21.5 Å². The summed E-state index contributed by atoms with van der Waals surface area (Å²) in [6, 6.07) is 9.67. The number of aryl methyl sites for hydroxylation is 1. The van der Waals surface area contributed by atoms with Crippen molar-refractivity contribution in [1.29, 1.82) is 0 Å². The normalized spacial score (nSPS) is 12.4. The number of hydrogen-bond donors (Lipinski definition) is 1. The van der Waals surface area contributed by atoms with Gasteiger partial charge in [0.25, 0.3) is 11.6 Å². The van der Waals surface area contributed by atoms with Crippen LogP contribution in [0.3, 0.4) is 0 Å². The quantitative estimate of drug-likeness (QED) is 0.527. The zero-order chi connectivity index (χ0) is 17.1. The summed E-state index contributed by atoms with van der Waals surface area (Å²) < 4.78 is 10.3. The van der Waals surface area contributed by atoms with Crippen molar-refractivity contribution in [2.45, 2.75) is 6.92 Å². The molecule has 1 heterocycles. The number of amides is 1. The van der Waals surface area contributed by atoms with E-state index >= 15 is 0 Å². The molecule has 0 aromatic heterocycles. The van der Waals surface area contributed by atoms with Gasteiger partial charge in [-0.1, -0.05) is 17.7 Å². The molecule has 8 heteroatoms. The number of carbonyl (C=O) groups is 1. The number of nitrogens with one attached hydrogen (secondary N) is 1. The minimum Gasteiger partial charge on any atom is -0.454 e. The Morgan fingerprint density at radius 3 is 2.58 bits per heavy atom.